The number of benzene rings is 1. The Labute approximate surface area is 137 Å². The van der Waals surface area contributed by atoms with Gasteiger partial charge in [-0.2, -0.15) is 0 Å². The molecule has 22 heavy (non-hydrogen) atoms. The molecule has 3 saturated heterocycles. The standard InChI is InChI=1S/C18H23ClN2O/c19-16-4-1-3-13(8-16)9-20-10-14-7-15(12-20)17-5-2-6-18(22)21(17)11-14/h1,3-4,8,14-15,17H,2,5-7,9-12H2/t14-,15-,17-/m0/s1. The molecule has 3 nitrogen and oxygen atoms in total. The zero-order valence-corrected chi connectivity index (χ0v) is 13.6. The van der Waals surface area contributed by atoms with Crippen LogP contribution < -0.4 is 0 Å². The largest absolute Gasteiger partial charge is 0.339 e. The molecule has 1 amide bonds. The summed E-state index contributed by atoms with van der Waals surface area (Å²) in [7, 11) is 0. The highest BCUT2D eigenvalue weighted by atomic mass is 35.5. The summed E-state index contributed by atoms with van der Waals surface area (Å²) in [6.45, 7) is 4.19. The third-order valence-electron chi connectivity index (χ3n) is 5.55. The van der Waals surface area contributed by atoms with Crippen molar-refractivity contribution in [1.82, 2.24) is 9.80 Å². The molecule has 0 saturated carbocycles. The lowest BCUT2D eigenvalue weighted by Crippen LogP contribution is -2.60. The second-order valence-corrected chi connectivity index (χ2v) is 7.63. The molecule has 4 heteroatoms. The number of hydrogen-bond acceptors (Lipinski definition) is 2. The Morgan fingerprint density at radius 1 is 1.23 bits per heavy atom. The molecule has 1 aromatic rings. The van der Waals surface area contributed by atoms with Crippen molar-refractivity contribution in [2.24, 2.45) is 11.8 Å². The van der Waals surface area contributed by atoms with Gasteiger partial charge in [0.15, 0.2) is 0 Å². The SMILES string of the molecule is O=C1CCC[C@H]2[C@H]3C[C@@H](CN(Cc4cccc(Cl)c4)C3)CN12. The topological polar surface area (TPSA) is 23.6 Å². The Balaban J connectivity index is 1.47. The van der Waals surface area contributed by atoms with Crippen LogP contribution in [-0.4, -0.2) is 41.4 Å². The Kier molecular flexibility index (Phi) is 3.87. The first-order valence-corrected chi connectivity index (χ1v) is 8.83. The second kappa shape index (κ2) is 5.86. The molecular formula is C18H23ClN2O. The molecule has 0 radical (unpaired) electrons. The van der Waals surface area contributed by atoms with Gasteiger partial charge in [0.2, 0.25) is 5.91 Å². The second-order valence-electron chi connectivity index (χ2n) is 7.19. The summed E-state index contributed by atoms with van der Waals surface area (Å²) >= 11 is 6.10. The van der Waals surface area contributed by atoms with Gasteiger partial charge in [0, 0.05) is 43.7 Å². The number of carbonyl (C=O) groups is 1. The lowest BCUT2D eigenvalue weighted by molar-refractivity contribution is -0.145. The molecule has 0 N–H and O–H groups in total. The van der Waals surface area contributed by atoms with E-state index >= 15 is 0 Å². The van der Waals surface area contributed by atoms with Crippen molar-refractivity contribution in [1.29, 1.82) is 0 Å². The van der Waals surface area contributed by atoms with Crippen molar-refractivity contribution in [3.8, 4) is 0 Å². The predicted octanol–water partition coefficient (Wildman–Crippen LogP) is 3.17. The number of fused-ring (bicyclic) bond motifs is 4. The molecule has 3 aliphatic rings. The minimum absolute atomic E-state index is 0.397. The summed E-state index contributed by atoms with van der Waals surface area (Å²) in [6, 6.07) is 8.69. The van der Waals surface area contributed by atoms with Crippen molar-refractivity contribution in [2.45, 2.75) is 38.3 Å². The summed E-state index contributed by atoms with van der Waals surface area (Å²) in [5.74, 6) is 1.71. The minimum atomic E-state index is 0.397. The number of likely N-dealkylation sites (tertiary alicyclic amines) is 1. The maximum atomic E-state index is 12.2. The quantitative estimate of drug-likeness (QED) is 0.836. The first kappa shape index (κ1) is 14.5. The molecule has 4 rings (SSSR count). The number of hydrogen-bond donors (Lipinski definition) is 0. The maximum Gasteiger partial charge on any atom is 0.222 e. The van der Waals surface area contributed by atoms with Gasteiger partial charge in [-0.15, -0.1) is 0 Å². The number of carbonyl (C=O) groups excluding carboxylic acids is 1. The number of nitrogens with zero attached hydrogens (tertiary/aromatic N) is 2. The van der Waals surface area contributed by atoms with Gasteiger partial charge in [-0.25, -0.2) is 0 Å². The van der Waals surface area contributed by atoms with Crippen molar-refractivity contribution >= 4 is 17.5 Å². The van der Waals surface area contributed by atoms with Crippen LogP contribution in [0.2, 0.25) is 5.02 Å². The van der Waals surface area contributed by atoms with Crippen LogP contribution in [0.4, 0.5) is 0 Å². The fourth-order valence-electron chi connectivity index (χ4n) is 4.73. The molecule has 3 aliphatic heterocycles. The van der Waals surface area contributed by atoms with Crippen LogP contribution in [0, 0.1) is 11.8 Å². The lowest BCUT2D eigenvalue weighted by atomic mass is 9.76. The van der Waals surface area contributed by atoms with Crippen LogP contribution in [0.15, 0.2) is 24.3 Å². The average molecular weight is 319 g/mol. The van der Waals surface area contributed by atoms with Gasteiger partial charge >= 0.3 is 0 Å². The molecule has 118 valence electrons. The van der Waals surface area contributed by atoms with E-state index in [0.717, 1.165) is 44.0 Å². The third-order valence-corrected chi connectivity index (χ3v) is 5.79. The zero-order chi connectivity index (χ0) is 15.1. The van der Waals surface area contributed by atoms with Crippen LogP contribution in [0.1, 0.15) is 31.2 Å². The summed E-state index contributed by atoms with van der Waals surface area (Å²) in [5.41, 5.74) is 1.30. The fraction of sp³-hybridized carbons (Fsp3) is 0.611. The first-order valence-electron chi connectivity index (χ1n) is 8.45. The third kappa shape index (κ3) is 2.77. The molecule has 2 bridgehead atoms. The van der Waals surface area contributed by atoms with E-state index in [1.54, 1.807) is 0 Å². The zero-order valence-electron chi connectivity index (χ0n) is 12.9. The van der Waals surface area contributed by atoms with Crippen LogP contribution in [0.25, 0.3) is 0 Å². The highest BCUT2D eigenvalue weighted by Gasteiger charge is 2.43. The van der Waals surface area contributed by atoms with E-state index in [4.69, 9.17) is 11.6 Å². The Bertz CT molecular complexity index is 576. The van der Waals surface area contributed by atoms with Gasteiger partial charge in [0.25, 0.3) is 0 Å². The van der Waals surface area contributed by atoms with E-state index in [1.807, 2.05) is 12.1 Å². The molecule has 3 fully saturated rings. The number of piperidine rings is 3. The van der Waals surface area contributed by atoms with Crippen LogP contribution >= 0.6 is 11.6 Å². The van der Waals surface area contributed by atoms with E-state index < -0.39 is 0 Å². The van der Waals surface area contributed by atoms with Crippen molar-refractivity contribution in [3.63, 3.8) is 0 Å². The normalized spacial score (nSPS) is 32.0. The van der Waals surface area contributed by atoms with E-state index in [0.29, 0.717) is 23.8 Å². The average Bonchev–Trinajstić information content (AvgIpc) is 2.48. The van der Waals surface area contributed by atoms with E-state index in [2.05, 4.69) is 21.9 Å². The Hall–Kier alpha value is -1.06. The summed E-state index contributed by atoms with van der Waals surface area (Å²) in [5, 5.41) is 0.818. The summed E-state index contributed by atoms with van der Waals surface area (Å²) in [6.07, 6.45) is 4.35. The van der Waals surface area contributed by atoms with Gasteiger partial charge in [-0.3, -0.25) is 9.69 Å². The van der Waals surface area contributed by atoms with Gasteiger partial charge in [-0.05, 0) is 48.8 Å². The smallest absolute Gasteiger partial charge is 0.222 e. The number of rotatable bonds is 2. The summed E-state index contributed by atoms with van der Waals surface area (Å²) in [4.78, 5) is 16.9. The summed E-state index contributed by atoms with van der Waals surface area (Å²) < 4.78 is 0. The van der Waals surface area contributed by atoms with E-state index in [-0.39, 0.29) is 0 Å². The molecule has 0 spiro atoms. The highest BCUT2D eigenvalue weighted by molar-refractivity contribution is 6.30. The monoisotopic (exact) mass is 318 g/mol. The molecule has 3 atom stereocenters. The maximum absolute atomic E-state index is 12.2. The molecule has 1 aromatic carbocycles. The lowest BCUT2D eigenvalue weighted by Gasteiger charge is -2.52. The highest BCUT2D eigenvalue weighted by Crippen LogP contribution is 2.38. The molecule has 0 aliphatic carbocycles. The number of amides is 1. The molecule has 0 unspecified atom stereocenters. The number of halogens is 1. The molecule has 3 heterocycles. The van der Waals surface area contributed by atoms with Gasteiger partial charge in [-0.1, -0.05) is 23.7 Å². The van der Waals surface area contributed by atoms with Crippen molar-refractivity contribution < 1.29 is 4.79 Å². The van der Waals surface area contributed by atoms with Crippen LogP contribution in [0.5, 0.6) is 0 Å². The van der Waals surface area contributed by atoms with Gasteiger partial charge in [0.1, 0.15) is 0 Å². The van der Waals surface area contributed by atoms with Gasteiger partial charge in [0.05, 0.1) is 0 Å². The minimum Gasteiger partial charge on any atom is -0.339 e. The predicted molar refractivity (Wildman–Crippen MR) is 87.7 cm³/mol. The van der Waals surface area contributed by atoms with Crippen LogP contribution in [0.3, 0.4) is 0 Å². The van der Waals surface area contributed by atoms with Crippen molar-refractivity contribution in [2.75, 3.05) is 19.6 Å². The Morgan fingerprint density at radius 2 is 2.14 bits per heavy atom. The fourth-order valence-corrected chi connectivity index (χ4v) is 4.95. The van der Waals surface area contributed by atoms with Crippen molar-refractivity contribution in [3.05, 3.63) is 34.9 Å². The Morgan fingerprint density at radius 3 is 3.00 bits per heavy atom. The van der Waals surface area contributed by atoms with E-state index in [9.17, 15) is 4.79 Å². The van der Waals surface area contributed by atoms with E-state index in [1.165, 1.54) is 18.4 Å². The molecular weight excluding hydrogens is 296 g/mol. The first-order chi connectivity index (χ1) is 10.7. The van der Waals surface area contributed by atoms with Gasteiger partial charge < -0.3 is 4.90 Å². The molecule has 0 aromatic heterocycles. The van der Waals surface area contributed by atoms with Crippen LogP contribution in [-0.2, 0) is 11.3 Å².